The van der Waals surface area contributed by atoms with Crippen molar-refractivity contribution in [3.05, 3.63) is 34.9 Å². The fraction of sp³-hybridized carbons (Fsp3) is 0.100. The molecule has 2 rings (SSSR count). The van der Waals surface area contributed by atoms with E-state index in [-0.39, 0.29) is 0 Å². The molecule has 16 heavy (non-hydrogen) atoms. The van der Waals surface area contributed by atoms with E-state index in [1.807, 2.05) is 24.3 Å². The van der Waals surface area contributed by atoms with E-state index in [4.69, 9.17) is 0 Å². The van der Waals surface area contributed by atoms with E-state index >= 15 is 0 Å². The van der Waals surface area contributed by atoms with E-state index in [2.05, 4.69) is 25.6 Å². The fourth-order valence-electron chi connectivity index (χ4n) is 1.38. The van der Waals surface area contributed by atoms with Gasteiger partial charge in [0.25, 0.3) is 0 Å². The van der Waals surface area contributed by atoms with E-state index in [0.717, 1.165) is 15.4 Å². The third-order valence-electron chi connectivity index (χ3n) is 1.95. The molecule has 2 aromatic rings. The molecule has 0 spiro atoms. The first kappa shape index (κ1) is 11.7. The summed E-state index contributed by atoms with van der Waals surface area (Å²) in [4.78, 5) is 4.21. The van der Waals surface area contributed by atoms with Gasteiger partial charge in [0, 0.05) is 16.1 Å². The molecule has 0 unspecified atom stereocenters. The molecule has 0 amide bonds. The molecule has 0 aliphatic carbocycles. The summed E-state index contributed by atoms with van der Waals surface area (Å²) in [6, 6.07) is 7.56. The van der Waals surface area contributed by atoms with Gasteiger partial charge in [0.2, 0.25) is 0 Å². The van der Waals surface area contributed by atoms with Crippen LogP contribution in [0.2, 0.25) is 0 Å². The molecule has 3 N–H and O–H groups in total. The lowest BCUT2D eigenvalue weighted by molar-refractivity contribution is 0.502. The summed E-state index contributed by atoms with van der Waals surface area (Å²) in [5.74, 6) is 0. The second-order valence-corrected chi connectivity index (χ2v) is 6.28. The van der Waals surface area contributed by atoms with Gasteiger partial charge in [-0.1, -0.05) is 15.9 Å². The van der Waals surface area contributed by atoms with Crippen LogP contribution in [0.25, 0.3) is 10.9 Å². The van der Waals surface area contributed by atoms with Crippen molar-refractivity contribution in [2.45, 2.75) is 0 Å². The Morgan fingerprint density at radius 3 is 2.75 bits per heavy atom. The summed E-state index contributed by atoms with van der Waals surface area (Å²) in [5, 5.41) is 0.933. The lowest BCUT2D eigenvalue weighted by atomic mass is 10.2. The van der Waals surface area contributed by atoms with Gasteiger partial charge in [0.15, 0.2) is 0 Å². The molecule has 1 heterocycles. The fourth-order valence-corrected chi connectivity index (χ4v) is 2.32. The lowest BCUT2D eigenvalue weighted by Gasteiger charge is -2.28. The molecular weight excluding hydrogens is 292 g/mol. The van der Waals surface area contributed by atoms with Crippen LogP contribution in [0.1, 0.15) is 0 Å². The molecule has 0 aliphatic heterocycles. The van der Waals surface area contributed by atoms with Crippen LogP contribution in [0, 0.1) is 0 Å². The predicted molar refractivity (Wildman–Crippen MR) is 71.8 cm³/mol. The highest BCUT2D eigenvalue weighted by atomic mass is 79.9. The van der Waals surface area contributed by atoms with Crippen LogP contribution in [0.5, 0.6) is 0 Å². The largest absolute Gasteiger partial charge is 0.284 e. The van der Waals surface area contributed by atoms with E-state index in [1.165, 1.54) is 6.26 Å². The van der Waals surface area contributed by atoms with Crippen molar-refractivity contribution >= 4 is 43.3 Å². The highest BCUT2D eigenvalue weighted by Crippen LogP contribution is 2.34. The molecule has 4 nitrogen and oxygen atoms in total. The zero-order valence-corrected chi connectivity index (χ0v) is 10.9. The number of aromatic nitrogens is 1. The molecule has 0 fully saturated rings. The molecule has 1 aromatic heterocycles. The first-order valence-corrected chi connectivity index (χ1v) is 7.25. The van der Waals surface area contributed by atoms with Gasteiger partial charge >= 0.3 is 0 Å². The standard InChI is InChI=1S/C10H11BrN2O2S/c1-16(14,15)13-9-5-7-4-8(11)2-3-10(7)12-6-9/h2-6,13-15H,1H3. The number of benzene rings is 1. The topological polar surface area (TPSA) is 65.4 Å². The minimum atomic E-state index is -2.76. The summed E-state index contributed by atoms with van der Waals surface area (Å²) in [5.41, 5.74) is 1.45. The number of hydrogen-bond acceptors (Lipinski definition) is 4. The highest BCUT2D eigenvalue weighted by Gasteiger charge is 2.05. The Labute approximate surface area is 103 Å². The van der Waals surface area contributed by atoms with Crippen LogP contribution < -0.4 is 4.72 Å². The summed E-state index contributed by atoms with van der Waals surface area (Å²) >= 11 is 3.38. The van der Waals surface area contributed by atoms with E-state index in [0.29, 0.717) is 5.69 Å². The molecule has 86 valence electrons. The molecule has 0 saturated heterocycles. The minimum absolute atomic E-state index is 0.591. The number of hydrogen-bond donors (Lipinski definition) is 3. The molecule has 0 aliphatic rings. The Morgan fingerprint density at radius 2 is 2.06 bits per heavy atom. The Kier molecular flexibility index (Phi) is 3.07. The summed E-state index contributed by atoms with van der Waals surface area (Å²) in [7, 11) is -2.76. The van der Waals surface area contributed by atoms with Gasteiger partial charge in [-0.2, -0.15) is 0 Å². The molecular formula is C10H11BrN2O2S. The number of fused-ring (bicyclic) bond motifs is 1. The Bertz CT molecular complexity index is 528. The normalized spacial score (nSPS) is 12.8. The van der Waals surface area contributed by atoms with E-state index in [9.17, 15) is 9.11 Å². The average molecular weight is 303 g/mol. The summed E-state index contributed by atoms with van der Waals surface area (Å²) in [6.07, 6.45) is 2.91. The van der Waals surface area contributed by atoms with Crippen LogP contribution in [0.15, 0.2) is 34.9 Å². The Hall–Kier alpha value is -0.820. The van der Waals surface area contributed by atoms with Crippen LogP contribution in [0.4, 0.5) is 5.69 Å². The number of anilines is 1. The first-order valence-electron chi connectivity index (χ1n) is 4.50. The van der Waals surface area contributed by atoms with Crippen molar-refractivity contribution in [3.63, 3.8) is 0 Å². The van der Waals surface area contributed by atoms with Crippen molar-refractivity contribution in [3.8, 4) is 0 Å². The number of nitrogens with zero attached hydrogens (tertiary/aromatic N) is 1. The second kappa shape index (κ2) is 4.21. The molecule has 1 aromatic carbocycles. The highest BCUT2D eigenvalue weighted by molar-refractivity contribution is 9.10. The number of nitrogens with one attached hydrogen (secondary N) is 1. The number of rotatable bonds is 2. The van der Waals surface area contributed by atoms with Gasteiger partial charge in [-0.05, 0) is 24.3 Å². The van der Waals surface area contributed by atoms with Crippen molar-refractivity contribution < 1.29 is 9.11 Å². The van der Waals surface area contributed by atoms with E-state index < -0.39 is 10.8 Å². The zero-order valence-electron chi connectivity index (χ0n) is 8.51. The first-order chi connectivity index (χ1) is 7.44. The summed E-state index contributed by atoms with van der Waals surface area (Å²) < 4.78 is 22.1. The van der Waals surface area contributed by atoms with Crippen molar-refractivity contribution in [2.75, 3.05) is 11.0 Å². The third-order valence-corrected chi connectivity index (χ3v) is 3.07. The minimum Gasteiger partial charge on any atom is -0.284 e. The average Bonchev–Trinajstić information content (AvgIpc) is 2.14. The van der Waals surface area contributed by atoms with Crippen molar-refractivity contribution in [1.82, 2.24) is 4.98 Å². The molecule has 0 radical (unpaired) electrons. The maximum atomic E-state index is 9.29. The molecule has 0 saturated carbocycles. The van der Waals surface area contributed by atoms with E-state index in [1.54, 1.807) is 6.20 Å². The smallest absolute Gasteiger partial charge is 0.0725 e. The van der Waals surface area contributed by atoms with Gasteiger partial charge in [0.05, 0.1) is 17.4 Å². The quantitative estimate of drug-likeness (QED) is 0.791. The third kappa shape index (κ3) is 2.85. The van der Waals surface area contributed by atoms with Gasteiger partial charge in [0.1, 0.15) is 0 Å². The number of halogens is 1. The zero-order chi connectivity index (χ0) is 11.8. The van der Waals surface area contributed by atoms with Gasteiger partial charge in [-0.15, -0.1) is 10.8 Å². The molecule has 0 atom stereocenters. The number of pyridine rings is 1. The van der Waals surface area contributed by atoms with Crippen LogP contribution in [-0.4, -0.2) is 20.3 Å². The maximum Gasteiger partial charge on any atom is 0.0725 e. The Balaban J connectivity index is 2.43. The van der Waals surface area contributed by atoms with Gasteiger partial charge < -0.3 is 0 Å². The van der Waals surface area contributed by atoms with Gasteiger partial charge in [-0.25, -0.2) is 0 Å². The van der Waals surface area contributed by atoms with Crippen molar-refractivity contribution in [2.24, 2.45) is 0 Å². The monoisotopic (exact) mass is 302 g/mol. The second-order valence-electron chi connectivity index (χ2n) is 3.50. The van der Waals surface area contributed by atoms with Gasteiger partial charge in [-0.3, -0.25) is 18.8 Å². The van der Waals surface area contributed by atoms with Crippen LogP contribution in [-0.2, 0) is 0 Å². The maximum absolute atomic E-state index is 9.29. The predicted octanol–water partition coefficient (Wildman–Crippen LogP) is 3.70. The SMILES string of the molecule is CS(O)(O)Nc1cnc2ccc(Br)cc2c1. The Morgan fingerprint density at radius 1 is 1.31 bits per heavy atom. The van der Waals surface area contributed by atoms with Crippen LogP contribution >= 0.6 is 26.7 Å². The van der Waals surface area contributed by atoms with Crippen LogP contribution in [0.3, 0.4) is 0 Å². The van der Waals surface area contributed by atoms with Crippen molar-refractivity contribution in [1.29, 1.82) is 0 Å². The lowest BCUT2D eigenvalue weighted by Crippen LogP contribution is -2.06. The summed E-state index contributed by atoms with van der Waals surface area (Å²) in [6.45, 7) is 0. The molecule has 0 bridgehead atoms. The molecule has 6 heteroatoms.